The fourth-order valence-corrected chi connectivity index (χ4v) is 2.25. The Morgan fingerprint density at radius 2 is 1.89 bits per heavy atom. The highest BCUT2D eigenvalue weighted by Gasteiger charge is 2.08. The number of pyridine rings is 1. The van der Waals surface area contributed by atoms with Crippen molar-refractivity contribution in [3.05, 3.63) is 65.0 Å². The molecule has 0 bridgehead atoms. The van der Waals surface area contributed by atoms with Gasteiger partial charge < -0.3 is 5.73 Å². The third-order valence-corrected chi connectivity index (χ3v) is 3.51. The minimum atomic E-state index is 0.126. The van der Waals surface area contributed by atoms with Crippen LogP contribution in [0.15, 0.2) is 42.6 Å². The third kappa shape index (κ3) is 3.90. The molecule has 1 heterocycles. The lowest BCUT2D eigenvalue weighted by atomic mass is 9.98. The largest absolute Gasteiger partial charge is 0.327 e. The van der Waals surface area contributed by atoms with Crippen molar-refractivity contribution in [1.82, 2.24) is 4.98 Å². The Bertz CT molecular complexity index is 517. The number of aromatic nitrogens is 1. The molecule has 1 aromatic carbocycles. The van der Waals surface area contributed by atoms with Gasteiger partial charge in [-0.25, -0.2) is 0 Å². The highest BCUT2D eigenvalue weighted by atomic mass is 14.7. The van der Waals surface area contributed by atoms with Gasteiger partial charge in [0.05, 0.1) is 0 Å². The van der Waals surface area contributed by atoms with Crippen molar-refractivity contribution in [1.29, 1.82) is 0 Å². The minimum absolute atomic E-state index is 0.126. The molecule has 0 aliphatic rings. The SMILES string of the molecule is CCc1ccc(CC(N)Cc2ccccc2C)nc1. The Balaban J connectivity index is 1.97. The zero-order chi connectivity index (χ0) is 13.7. The minimum Gasteiger partial charge on any atom is -0.327 e. The van der Waals surface area contributed by atoms with Crippen molar-refractivity contribution >= 4 is 0 Å². The fraction of sp³-hybridized carbons (Fsp3) is 0.353. The standard InChI is InChI=1S/C17H22N2/c1-3-14-8-9-17(19-12-14)11-16(18)10-15-7-5-4-6-13(15)2/h4-9,12,16H,3,10-11,18H2,1-2H3. The summed E-state index contributed by atoms with van der Waals surface area (Å²) in [5.74, 6) is 0. The van der Waals surface area contributed by atoms with Gasteiger partial charge >= 0.3 is 0 Å². The van der Waals surface area contributed by atoms with Crippen molar-refractivity contribution < 1.29 is 0 Å². The van der Waals surface area contributed by atoms with Crippen molar-refractivity contribution in [2.45, 2.75) is 39.2 Å². The molecule has 1 aromatic heterocycles. The van der Waals surface area contributed by atoms with Gasteiger partial charge in [-0.15, -0.1) is 0 Å². The topological polar surface area (TPSA) is 38.9 Å². The van der Waals surface area contributed by atoms with Gasteiger partial charge in [0, 0.05) is 24.4 Å². The second-order valence-electron chi connectivity index (χ2n) is 5.11. The Kier molecular flexibility index (Phi) is 4.69. The molecule has 0 spiro atoms. The molecule has 19 heavy (non-hydrogen) atoms. The average molecular weight is 254 g/mol. The Morgan fingerprint density at radius 3 is 2.53 bits per heavy atom. The summed E-state index contributed by atoms with van der Waals surface area (Å²) < 4.78 is 0. The van der Waals surface area contributed by atoms with E-state index in [-0.39, 0.29) is 6.04 Å². The number of nitrogens with zero attached hydrogens (tertiary/aromatic N) is 1. The zero-order valence-corrected chi connectivity index (χ0v) is 11.8. The lowest BCUT2D eigenvalue weighted by molar-refractivity contribution is 0.652. The molecule has 2 aromatic rings. The predicted octanol–water partition coefficient (Wildman–Crippen LogP) is 3.06. The van der Waals surface area contributed by atoms with Gasteiger partial charge in [0.25, 0.3) is 0 Å². The molecule has 0 saturated heterocycles. The van der Waals surface area contributed by atoms with Gasteiger partial charge in [-0.05, 0) is 42.5 Å². The van der Waals surface area contributed by atoms with Crippen LogP contribution in [-0.4, -0.2) is 11.0 Å². The molecule has 2 heteroatoms. The summed E-state index contributed by atoms with van der Waals surface area (Å²) in [7, 11) is 0. The van der Waals surface area contributed by atoms with Crippen LogP contribution < -0.4 is 5.73 Å². The average Bonchev–Trinajstić information content (AvgIpc) is 2.42. The first kappa shape index (κ1) is 13.8. The molecule has 2 nitrogen and oxygen atoms in total. The van der Waals surface area contributed by atoms with Gasteiger partial charge in [-0.2, -0.15) is 0 Å². The van der Waals surface area contributed by atoms with Crippen molar-refractivity contribution in [3.63, 3.8) is 0 Å². The van der Waals surface area contributed by atoms with E-state index < -0.39 is 0 Å². The van der Waals surface area contributed by atoms with Crippen LogP contribution in [0.2, 0.25) is 0 Å². The summed E-state index contributed by atoms with van der Waals surface area (Å²) in [5.41, 5.74) is 11.2. The second-order valence-corrected chi connectivity index (χ2v) is 5.11. The number of aryl methyl sites for hydroxylation is 2. The van der Waals surface area contributed by atoms with Crippen LogP contribution in [0.3, 0.4) is 0 Å². The van der Waals surface area contributed by atoms with Crippen LogP contribution in [0.4, 0.5) is 0 Å². The summed E-state index contributed by atoms with van der Waals surface area (Å²) in [6.07, 6.45) is 4.72. The van der Waals surface area contributed by atoms with E-state index in [1.165, 1.54) is 16.7 Å². The summed E-state index contributed by atoms with van der Waals surface area (Å²) in [6.45, 7) is 4.27. The highest BCUT2D eigenvalue weighted by molar-refractivity contribution is 5.26. The van der Waals surface area contributed by atoms with Gasteiger partial charge in [0.15, 0.2) is 0 Å². The molecule has 0 saturated carbocycles. The molecule has 0 amide bonds. The first-order valence-corrected chi connectivity index (χ1v) is 6.93. The molecule has 2 rings (SSSR count). The van der Waals surface area contributed by atoms with E-state index in [2.05, 4.69) is 55.2 Å². The van der Waals surface area contributed by atoms with Crippen LogP contribution in [0.5, 0.6) is 0 Å². The number of hydrogen-bond donors (Lipinski definition) is 1. The lowest BCUT2D eigenvalue weighted by Gasteiger charge is -2.13. The van der Waals surface area contributed by atoms with Crippen LogP contribution in [0.25, 0.3) is 0 Å². The Morgan fingerprint density at radius 1 is 1.11 bits per heavy atom. The summed E-state index contributed by atoms with van der Waals surface area (Å²) in [4.78, 5) is 4.47. The third-order valence-electron chi connectivity index (χ3n) is 3.51. The van der Waals surface area contributed by atoms with E-state index in [0.717, 1.165) is 25.0 Å². The van der Waals surface area contributed by atoms with Crippen molar-refractivity contribution in [2.24, 2.45) is 5.73 Å². The van der Waals surface area contributed by atoms with Crippen LogP contribution in [0, 0.1) is 6.92 Å². The van der Waals surface area contributed by atoms with E-state index in [0.29, 0.717) is 0 Å². The molecule has 2 N–H and O–H groups in total. The monoisotopic (exact) mass is 254 g/mol. The molecule has 0 radical (unpaired) electrons. The van der Waals surface area contributed by atoms with Gasteiger partial charge in [-0.3, -0.25) is 4.98 Å². The van der Waals surface area contributed by atoms with E-state index in [9.17, 15) is 0 Å². The molecule has 1 unspecified atom stereocenters. The number of rotatable bonds is 5. The van der Waals surface area contributed by atoms with E-state index in [1.807, 2.05) is 6.20 Å². The van der Waals surface area contributed by atoms with Gasteiger partial charge in [0.2, 0.25) is 0 Å². The molecule has 0 aliphatic carbocycles. The van der Waals surface area contributed by atoms with Crippen molar-refractivity contribution in [3.8, 4) is 0 Å². The van der Waals surface area contributed by atoms with E-state index in [1.54, 1.807) is 0 Å². The summed E-state index contributed by atoms with van der Waals surface area (Å²) in [5, 5.41) is 0. The van der Waals surface area contributed by atoms with Gasteiger partial charge in [0.1, 0.15) is 0 Å². The number of benzene rings is 1. The van der Waals surface area contributed by atoms with Crippen LogP contribution in [-0.2, 0) is 19.3 Å². The van der Waals surface area contributed by atoms with Crippen LogP contribution in [0.1, 0.15) is 29.3 Å². The number of nitrogens with two attached hydrogens (primary N) is 1. The predicted molar refractivity (Wildman–Crippen MR) is 80.2 cm³/mol. The lowest BCUT2D eigenvalue weighted by Crippen LogP contribution is -2.26. The van der Waals surface area contributed by atoms with E-state index >= 15 is 0 Å². The van der Waals surface area contributed by atoms with Crippen LogP contribution >= 0.6 is 0 Å². The molecule has 100 valence electrons. The van der Waals surface area contributed by atoms with Gasteiger partial charge in [-0.1, -0.05) is 37.3 Å². The summed E-state index contributed by atoms with van der Waals surface area (Å²) in [6, 6.07) is 12.8. The Labute approximate surface area is 115 Å². The molecular formula is C17H22N2. The normalized spacial score (nSPS) is 12.4. The molecule has 1 atom stereocenters. The van der Waals surface area contributed by atoms with Crippen molar-refractivity contribution in [2.75, 3.05) is 0 Å². The smallest absolute Gasteiger partial charge is 0.0419 e. The molecular weight excluding hydrogens is 232 g/mol. The van der Waals surface area contributed by atoms with E-state index in [4.69, 9.17) is 5.73 Å². The fourth-order valence-electron chi connectivity index (χ4n) is 2.25. The molecule has 0 fully saturated rings. The zero-order valence-electron chi connectivity index (χ0n) is 11.8. The highest BCUT2D eigenvalue weighted by Crippen LogP contribution is 2.11. The summed E-state index contributed by atoms with van der Waals surface area (Å²) >= 11 is 0. The first-order valence-electron chi connectivity index (χ1n) is 6.93. The molecule has 0 aliphatic heterocycles. The first-order chi connectivity index (χ1) is 9.19. The maximum absolute atomic E-state index is 6.24. The Hall–Kier alpha value is -1.67. The maximum atomic E-state index is 6.24. The number of hydrogen-bond acceptors (Lipinski definition) is 2. The quantitative estimate of drug-likeness (QED) is 0.890. The maximum Gasteiger partial charge on any atom is 0.0419 e. The second kappa shape index (κ2) is 6.48.